The molecule has 0 aromatic heterocycles. The van der Waals surface area contributed by atoms with Crippen LogP contribution in [0.1, 0.15) is 12.8 Å². The van der Waals surface area contributed by atoms with Gasteiger partial charge in [-0.05, 0) is 0 Å². The minimum absolute atomic E-state index is 0.728. The van der Waals surface area contributed by atoms with Gasteiger partial charge in [0.2, 0.25) is 0 Å². The fraction of sp³-hybridized carbons (Fsp3) is 0.750. The second-order valence-electron chi connectivity index (χ2n) is 2.23. The van der Waals surface area contributed by atoms with Crippen LogP contribution in [0, 0.1) is 0 Å². The lowest BCUT2D eigenvalue weighted by atomic mass is 10.3. The van der Waals surface area contributed by atoms with Gasteiger partial charge in [-0.1, -0.05) is 0 Å². The van der Waals surface area contributed by atoms with Gasteiger partial charge in [-0.3, -0.25) is 14.6 Å². The molecule has 0 unspecified atom stereocenters. The largest absolute Gasteiger partial charge is 0.526 e. The first-order chi connectivity index (χ1) is 5.60. The summed E-state index contributed by atoms with van der Waals surface area (Å²) in [5.74, 6) is -4.39. The summed E-state index contributed by atoms with van der Waals surface area (Å²) in [4.78, 5) is 26.7. The summed E-state index contributed by atoms with van der Waals surface area (Å²) in [6, 6.07) is 0. The Bertz CT molecular complexity index is 223. The van der Waals surface area contributed by atoms with Crippen molar-refractivity contribution in [1.29, 1.82) is 0 Å². The zero-order chi connectivity index (χ0) is 10.7. The third kappa shape index (κ3) is 9.41. The molecule has 0 aliphatic rings. The Hall–Kier alpha value is -0.500. The van der Waals surface area contributed by atoms with Crippen LogP contribution in [0.15, 0.2) is 0 Å². The van der Waals surface area contributed by atoms with Crippen LogP contribution in [0.2, 0.25) is 0 Å². The van der Waals surface area contributed by atoms with Crippen molar-refractivity contribution in [2.45, 2.75) is 18.8 Å². The van der Waals surface area contributed by atoms with Crippen LogP contribution in [0.4, 0.5) is 0 Å². The molecule has 78 valence electrons. The molecular weight excluding hydrogens is 207 g/mol. The zero-order valence-electron chi connectivity index (χ0n) is 6.32. The van der Waals surface area contributed by atoms with Gasteiger partial charge in [0.05, 0.1) is 6.42 Å². The highest BCUT2D eigenvalue weighted by atomic mass is 31.2. The van der Waals surface area contributed by atoms with E-state index in [1.807, 2.05) is 0 Å². The van der Waals surface area contributed by atoms with Crippen LogP contribution >= 0.6 is 7.82 Å². The average molecular weight is 216 g/mol. The summed E-state index contributed by atoms with van der Waals surface area (Å²) < 4.78 is 13.6. The molecule has 0 amide bonds. The molecule has 0 heterocycles. The van der Waals surface area contributed by atoms with Crippen molar-refractivity contribution in [3.63, 3.8) is 0 Å². The number of aliphatic hydroxyl groups is 3. The van der Waals surface area contributed by atoms with Crippen LogP contribution < -0.4 is 0 Å². The van der Waals surface area contributed by atoms with Crippen LogP contribution in [0.25, 0.3) is 0 Å². The predicted octanol–water partition coefficient (Wildman–Crippen LogP) is -1.97. The molecule has 9 heteroatoms. The van der Waals surface area contributed by atoms with E-state index in [4.69, 9.17) is 25.1 Å². The van der Waals surface area contributed by atoms with Crippen LogP contribution in [0.3, 0.4) is 0 Å². The monoisotopic (exact) mass is 216 g/mol. The summed E-state index contributed by atoms with van der Waals surface area (Å²) in [5.41, 5.74) is 0. The van der Waals surface area contributed by atoms with Crippen molar-refractivity contribution in [1.82, 2.24) is 0 Å². The molecular formula is C4H9O8P. The highest BCUT2D eigenvalue weighted by molar-refractivity contribution is 7.46. The van der Waals surface area contributed by atoms with Crippen LogP contribution in [-0.4, -0.2) is 37.0 Å². The first kappa shape index (κ1) is 12.5. The van der Waals surface area contributed by atoms with Gasteiger partial charge < -0.3 is 19.8 Å². The molecule has 0 spiro atoms. The Morgan fingerprint density at radius 1 is 1.31 bits per heavy atom. The Balaban J connectivity index is 3.85. The third-order valence-corrected chi connectivity index (χ3v) is 1.33. The molecule has 0 aliphatic carbocycles. The quantitative estimate of drug-likeness (QED) is 0.269. The molecule has 0 fully saturated rings. The van der Waals surface area contributed by atoms with E-state index < -0.39 is 32.6 Å². The number of hydrogen-bond acceptors (Lipinski definition) is 6. The third-order valence-electron chi connectivity index (χ3n) is 0.885. The molecule has 0 rings (SSSR count). The molecule has 5 N–H and O–H groups in total. The molecule has 0 saturated heterocycles. The molecule has 0 aromatic carbocycles. The molecule has 8 nitrogen and oxygen atoms in total. The van der Waals surface area contributed by atoms with E-state index in [2.05, 4.69) is 4.52 Å². The average Bonchev–Trinajstić information content (AvgIpc) is 1.78. The molecule has 0 aliphatic heterocycles. The van der Waals surface area contributed by atoms with Gasteiger partial charge in [-0.25, -0.2) is 4.57 Å². The second-order valence-corrected chi connectivity index (χ2v) is 3.39. The van der Waals surface area contributed by atoms with E-state index in [1.54, 1.807) is 0 Å². The lowest BCUT2D eigenvalue weighted by Gasteiger charge is -2.12. The molecule has 0 saturated carbocycles. The molecule has 0 atom stereocenters. The van der Waals surface area contributed by atoms with Crippen LogP contribution in [0.5, 0.6) is 0 Å². The van der Waals surface area contributed by atoms with Gasteiger partial charge in [-0.15, -0.1) is 0 Å². The van der Waals surface area contributed by atoms with Crippen molar-refractivity contribution in [3.8, 4) is 0 Å². The van der Waals surface area contributed by atoms with Crippen molar-refractivity contribution < 1.29 is 39.0 Å². The number of carbonyl (C=O) groups excluding carboxylic acids is 1. The molecule has 0 aromatic rings. The fourth-order valence-electron chi connectivity index (χ4n) is 0.448. The highest BCUT2D eigenvalue weighted by Gasteiger charge is 2.24. The van der Waals surface area contributed by atoms with Crippen molar-refractivity contribution in [2.24, 2.45) is 0 Å². The summed E-state index contributed by atoms with van der Waals surface area (Å²) in [6.07, 6.45) is -1.53. The lowest BCUT2D eigenvalue weighted by Crippen LogP contribution is -2.28. The smallest absolute Gasteiger partial charge is 0.371 e. The molecule has 0 radical (unpaired) electrons. The predicted molar refractivity (Wildman–Crippen MR) is 36.8 cm³/mol. The maximum absolute atomic E-state index is 10.5. The van der Waals surface area contributed by atoms with Crippen LogP contribution in [-0.2, 0) is 13.9 Å². The van der Waals surface area contributed by atoms with Crippen molar-refractivity contribution >= 4 is 13.8 Å². The highest BCUT2D eigenvalue weighted by Crippen LogP contribution is 2.36. The first-order valence-corrected chi connectivity index (χ1v) is 4.58. The van der Waals surface area contributed by atoms with E-state index in [9.17, 15) is 9.36 Å². The topological polar surface area (TPSA) is 145 Å². The summed E-state index contributed by atoms with van der Waals surface area (Å²) >= 11 is 0. The number of phosphoric ester groups is 1. The standard InChI is InChI=1S/C4H9O8P/c5-3(12-13(9,10)11)1-2-4(6,7)8/h6-8H,1-2H2,(H2,9,10,11). The zero-order valence-corrected chi connectivity index (χ0v) is 7.22. The van der Waals surface area contributed by atoms with Gasteiger partial charge in [0.15, 0.2) is 0 Å². The SMILES string of the molecule is O=C(CCC(O)(O)O)OP(=O)(O)O. The molecule has 13 heavy (non-hydrogen) atoms. The Labute approximate surface area is 72.6 Å². The summed E-state index contributed by atoms with van der Waals surface area (Å²) in [5, 5.41) is 24.8. The minimum Gasteiger partial charge on any atom is -0.371 e. The Kier molecular flexibility index (Phi) is 3.98. The number of phosphoric acid groups is 1. The van der Waals surface area contributed by atoms with E-state index in [-0.39, 0.29) is 0 Å². The first-order valence-electron chi connectivity index (χ1n) is 3.05. The normalized spacial score (nSPS) is 12.7. The summed E-state index contributed by atoms with van der Waals surface area (Å²) in [7, 11) is -4.90. The van der Waals surface area contributed by atoms with Crippen molar-refractivity contribution in [3.05, 3.63) is 0 Å². The van der Waals surface area contributed by atoms with Gasteiger partial charge in [0.1, 0.15) is 0 Å². The second kappa shape index (κ2) is 4.14. The minimum atomic E-state index is -4.90. The fourth-order valence-corrected chi connectivity index (χ4v) is 0.805. The van der Waals surface area contributed by atoms with E-state index >= 15 is 0 Å². The number of carbonyl (C=O) groups is 1. The number of rotatable bonds is 4. The number of hydrogen-bond donors (Lipinski definition) is 5. The maximum atomic E-state index is 10.5. The van der Waals surface area contributed by atoms with E-state index in [0.717, 1.165) is 0 Å². The molecule has 0 bridgehead atoms. The van der Waals surface area contributed by atoms with Crippen molar-refractivity contribution in [2.75, 3.05) is 0 Å². The van der Waals surface area contributed by atoms with Gasteiger partial charge in [0, 0.05) is 6.42 Å². The summed E-state index contributed by atoms with van der Waals surface area (Å²) in [6.45, 7) is 0. The van der Waals surface area contributed by atoms with Gasteiger partial charge in [0.25, 0.3) is 5.97 Å². The Morgan fingerprint density at radius 2 is 1.77 bits per heavy atom. The van der Waals surface area contributed by atoms with Gasteiger partial charge >= 0.3 is 13.8 Å². The van der Waals surface area contributed by atoms with Gasteiger partial charge in [-0.2, -0.15) is 0 Å². The Morgan fingerprint density at radius 3 is 2.08 bits per heavy atom. The maximum Gasteiger partial charge on any atom is 0.526 e. The van der Waals surface area contributed by atoms with E-state index in [1.165, 1.54) is 0 Å². The lowest BCUT2D eigenvalue weighted by molar-refractivity contribution is -0.314. The van der Waals surface area contributed by atoms with E-state index in [0.29, 0.717) is 0 Å².